The third kappa shape index (κ3) is 3.19. The summed E-state index contributed by atoms with van der Waals surface area (Å²) >= 11 is 0. The molecule has 0 aliphatic heterocycles. The van der Waals surface area contributed by atoms with Crippen LogP contribution in [0.25, 0.3) is 0 Å². The van der Waals surface area contributed by atoms with Crippen LogP contribution in [0.1, 0.15) is 20.3 Å². The Balaban J connectivity index is 2.96. The maximum atomic E-state index is 11.4. The lowest BCUT2D eigenvalue weighted by molar-refractivity contribution is -0.385. The maximum Gasteiger partial charge on any atom is 0.273 e. The number of nitro benzene ring substituents is 1. The molecule has 0 spiro atoms. The number of Topliss-reactive ketones (excluding diaryl/α,β-unsaturated/α-hetero) is 1. The first-order valence-electron chi connectivity index (χ1n) is 5.51. The lowest BCUT2D eigenvalue weighted by atomic mass is 10.2. The van der Waals surface area contributed by atoms with E-state index in [0.29, 0.717) is 12.2 Å². The third-order valence-electron chi connectivity index (χ3n) is 2.46. The topological polar surface area (TPSA) is 78.7 Å². The molecule has 18 heavy (non-hydrogen) atoms. The van der Waals surface area contributed by atoms with E-state index in [1.807, 2.05) is 0 Å². The number of methoxy groups -OCH3 is 1. The summed E-state index contributed by atoms with van der Waals surface area (Å²) in [4.78, 5) is 21.5. The van der Waals surface area contributed by atoms with Gasteiger partial charge in [0.25, 0.3) is 5.69 Å². The van der Waals surface area contributed by atoms with Crippen LogP contribution in [0.5, 0.6) is 11.5 Å². The highest BCUT2D eigenvalue weighted by atomic mass is 16.6. The molecule has 0 amide bonds. The van der Waals surface area contributed by atoms with Crippen molar-refractivity contribution in [2.45, 2.75) is 26.4 Å². The first-order valence-corrected chi connectivity index (χ1v) is 5.51. The fourth-order valence-electron chi connectivity index (χ4n) is 1.41. The molecule has 0 aliphatic carbocycles. The molecule has 0 bridgehead atoms. The number of nitro groups is 1. The van der Waals surface area contributed by atoms with Crippen LogP contribution in [-0.4, -0.2) is 23.9 Å². The fourth-order valence-corrected chi connectivity index (χ4v) is 1.41. The molecule has 1 unspecified atom stereocenters. The minimum absolute atomic E-state index is 0.0459. The van der Waals surface area contributed by atoms with Gasteiger partial charge in [0.2, 0.25) is 0 Å². The van der Waals surface area contributed by atoms with Crippen LogP contribution in [0.4, 0.5) is 5.69 Å². The molecule has 0 aromatic heterocycles. The van der Waals surface area contributed by atoms with Gasteiger partial charge in [0.05, 0.1) is 18.1 Å². The average molecular weight is 253 g/mol. The first-order chi connectivity index (χ1) is 8.49. The van der Waals surface area contributed by atoms with E-state index in [4.69, 9.17) is 9.47 Å². The predicted octanol–water partition coefficient (Wildman–Crippen LogP) is 2.35. The molecule has 1 aromatic carbocycles. The molecule has 1 rings (SSSR count). The number of carbonyl (C=O) groups is 1. The van der Waals surface area contributed by atoms with Crippen molar-refractivity contribution < 1.29 is 19.2 Å². The Morgan fingerprint density at radius 2 is 2.11 bits per heavy atom. The number of benzene rings is 1. The van der Waals surface area contributed by atoms with Crippen LogP contribution in [0.2, 0.25) is 0 Å². The minimum Gasteiger partial charge on any atom is -0.493 e. The molecule has 0 saturated heterocycles. The van der Waals surface area contributed by atoms with E-state index >= 15 is 0 Å². The molecule has 0 saturated carbocycles. The summed E-state index contributed by atoms with van der Waals surface area (Å²) in [6.07, 6.45) is -0.235. The van der Waals surface area contributed by atoms with Crippen molar-refractivity contribution >= 4 is 11.5 Å². The number of ketones is 1. The van der Waals surface area contributed by atoms with Gasteiger partial charge in [0.1, 0.15) is 0 Å². The lowest BCUT2D eigenvalue weighted by Crippen LogP contribution is -2.23. The van der Waals surface area contributed by atoms with Gasteiger partial charge < -0.3 is 9.47 Å². The highest BCUT2D eigenvalue weighted by Gasteiger charge is 2.17. The van der Waals surface area contributed by atoms with Crippen molar-refractivity contribution in [3.05, 3.63) is 28.3 Å². The summed E-state index contributed by atoms with van der Waals surface area (Å²) in [6.45, 7) is 3.38. The molecule has 0 radical (unpaired) electrons. The monoisotopic (exact) mass is 253 g/mol. The fraction of sp³-hybridized carbons (Fsp3) is 0.417. The van der Waals surface area contributed by atoms with E-state index in [-0.39, 0.29) is 17.2 Å². The Bertz CT molecular complexity index is 458. The second-order valence-corrected chi connectivity index (χ2v) is 3.67. The lowest BCUT2D eigenvalue weighted by Gasteiger charge is -2.15. The van der Waals surface area contributed by atoms with Crippen LogP contribution < -0.4 is 9.47 Å². The van der Waals surface area contributed by atoms with Gasteiger partial charge in [-0.1, -0.05) is 6.92 Å². The van der Waals surface area contributed by atoms with Gasteiger partial charge in [-0.2, -0.15) is 0 Å². The standard InChI is InChI=1S/C12H15NO5/c1-4-10(14)8(2)18-11-6-5-9(13(15)16)7-12(11)17-3/h5-8H,4H2,1-3H3. The van der Waals surface area contributed by atoms with Gasteiger partial charge in [-0.05, 0) is 13.0 Å². The second kappa shape index (κ2) is 6.00. The maximum absolute atomic E-state index is 11.4. The first kappa shape index (κ1) is 14.0. The molecule has 1 atom stereocenters. The highest BCUT2D eigenvalue weighted by Crippen LogP contribution is 2.31. The molecule has 0 N–H and O–H groups in total. The van der Waals surface area contributed by atoms with E-state index in [0.717, 1.165) is 0 Å². The van der Waals surface area contributed by atoms with Crippen LogP contribution in [-0.2, 0) is 4.79 Å². The van der Waals surface area contributed by atoms with Gasteiger partial charge >= 0.3 is 0 Å². The van der Waals surface area contributed by atoms with Crippen LogP contribution in [0.3, 0.4) is 0 Å². The molecule has 0 heterocycles. The zero-order valence-electron chi connectivity index (χ0n) is 10.5. The van der Waals surface area contributed by atoms with Gasteiger partial charge in [-0.25, -0.2) is 0 Å². The Labute approximate surface area is 105 Å². The number of carbonyl (C=O) groups excluding carboxylic acids is 1. The van der Waals surface area contributed by atoms with Crippen molar-refractivity contribution in [3.63, 3.8) is 0 Å². The molecule has 0 fully saturated rings. The van der Waals surface area contributed by atoms with Gasteiger partial charge in [-0.15, -0.1) is 0 Å². The summed E-state index contributed by atoms with van der Waals surface area (Å²) < 4.78 is 10.4. The minimum atomic E-state index is -0.606. The smallest absolute Gasteiger partial charge is 0.273 e. The quantitative estimate of drug-likeness (QED) is 0.574. The summed E-state index contributed by atoms with van der Waals surface area (Å²) in [7, 11) is 1.39. The molecule has 6 heteroatoms. The highest BCUT2D eigenvalue weighted by molar-refractivity contribution is 5.82. The zero-order valence-corrected chi connectivity index (χ0v) is 10.5. The largest absolute Gasteiger partial charge is 0.493 e. The number of nitrogens with zero attached hydrogens (tertiary/aromatic N) is 1. The molecule has 0 aliphatic rings. The molecule has 98 valence electrons. The van der Waals surface area contributed by atoms with Gasteiger partial charge in [0, 0.05) is 12.5 Å². The van der Waals surface area contributed by atoms with E-state index in [1.165, 1.54) is 25.3 Å². The summed E-state index contributed by atoms with van der Waals surface area (Å²) in [5, 5.41) is 10.6. The number of rotatable bonds is 6. The van der Waals surface area contributed by atoms with Gasteiger partial charge in [-0.3, -0.25) is 14.9 Å². The third-order valence-corrected chi connectivity index (χ3v) is 2.46. The Morgan fingerprint density at radius 3 is 2.61 bits per heavy atom. The average Bonchev–Trinajstić information content (AvgIpc) is 2.37. The van der Waals surface area contributed by atoms with Crippen molar-refractivity contribution in [2.75, 3.05) is 7.11 Å². The predicted molar refractivity (Wildman–Crippen MR) is 65.0 cm³/mol. The van der Waals surface area contributed by atoms with Crippen LogP contribution in [0.15, 0.2) is 18.2 Å². The van der Waals surface area contributed by atoms with Crippen LogP contribution in [0, 0.1) is 10.1 Å². The number of hydrogen-bond donors (Lipinski definition) is 0. The van der Waals surface area contributed by atoms with E-state index in [2.05, 4.69) is 0 Å². The Hall–Kier alpha value is -2.11. The van der Waals surface area contributed by atoms with Gasteiger partial charge in [0.15, 0.2) is 23.4 Å². The van der Waals surface area contributed by atoms with E-state index in [1.54, 1.807) is 13.8 Å². The van der Waals surface area contributed by atoms with Crippen molar-refractivity contribution in [1.82, 2.24) is 0 Å². The summed E-state index contributed by atoms with van der Waals surface area (Å²) in [5.41, 5.74) is -0.0892. The number of hydrogen-bond acceptors (Lipinski definition) is 5. The molecular weight excluding hydrogens is 238 g/mol. The summed E-state index contributed by atoms with van der Waals surface area (Å²) in [5.74, 6) is 0.507. The summed E-state index contributed by atoms with van der Waals surface area (Å²) in [6, 6.07) is 4.00. The Kier molecular flexibility index (Phi) is 4.65. The normalized spacial score (nSPS) is 11.7. The number of non-ortho nitro benzene ring substituents is 1. The SMILES string of the molecule is CCC(=O)C(C)Oc1ccc([N+](=O)[O-])cc1OC. The second-order valence-electron chi connectivity index (χ2n) is 3.67. The van der Waals surface area contributed by atoms with Crippen molar-refractivity contribution in [3.8, 4) is 11.5 Å². The molecular formula is C12H15NO5. The van der Waals surface area contributed by atoms with Crippen molar-refractivity contribution in [1.29, 1.82) is 0 Å². The van der Waals surface area contributed by atoms with Crippen LogP contribution >= 0.6 is 0 Å². The van der Waals surface area contributed by atoms with E-state index in [9.17, 15) is 14.9 Å². The van der Waals surface area contributed by atoms with Crippen molar-refractivity contribution in [2.24, 2.45) is 0 Å². The molecule has 1 aromatic rings. The molecule has 6 nitrogen and oxygen atoms in total. The number of ether oxygens (including phenoxy) is 2. The zero-order chi connectivity index (χ0) is 13.7. The Morgan fingerprint density at radius 1 is 1.44 bits per heavy atom. The van der Waals surface area contributed by atoms with E-state index < -0.39 is 11.0 Å².